The SMILES string of the molecule is Cc1nc(N[C@H](C)c2cccc(C(F)F)c2F)c2cc(C(=O)N3C4CC3CN(C)C4)c3nnnn3c2n1. The van der Waals surface area contributed by atoms with E-state index in [0.29, 0.717) is 28.2 Å². The second kappa shape index (κ2) is 8.61. The number of piperazine rings is 1. The van der Waals surface area contributed by atoms with Gasteiger partial charge in [0.25, 0.3) is 12.3 Å². The van der Waals surface area contributed by atoms with Crippen LogP contribution in [-0.4, -0.2) is 77.9 Å². The lowest BCUT2D eigenvalue weighted by molar-refractivity contribution is -0.0396. The number of tetrazole rings is 1. The van der Waals surface area contributed by atoms with Gasteiger partial charge in [-0.25, -0.2) is 23.1 Å². The molecule has 2 unspecified atom stereocenters. The topological polar surface area (TPSA) is 104 Å². The third-order valence-corrected chi connectivity index (χ3v) is 7.19. The van der Waals surface area contributed by atoms with E-state index in [-0.39, 0.29) is 29.2 Å². The van der Waals surface area contributed by atoms with Gasteiger partial charge in [-0.05, 0) is 43.8 Å². The molecule has 37 heavy (non-hydrogen) atoms. The molecule has 2 bridgehead atoms. The van der Waals surface area contributed by atoms with Crippen LogP contribution in [0.15, 0.2) is 24.3 Å². The molecule has 10 nitrogen and oxygen atoms in total. The Bertz CT molecular complexity index is 1530. The number of halogens is 3. The van der Waals surface area contributed by atoms with Crippen molar-refractivity contribution in [2.75, 3.05) is 25.5 Å². The molecule has 192 valence electrons. The first-order valence-corrected chi connectivity index (χ1v) is 12.0. The molecule has 5 heterocycles. The molecule has 1 aromatic carbocycles. The zero-order chi connectivity index (χ0) is 26.0. The van der Waals surface area contributed by atoms with Crippen molar-refractivity contribution >= 4 is 28.4 Å². The number of aryl methyl sites for hydroxylation is 1. The average molecular weight is 512 g/mol. The number of nitrogens with zero attached hydrogens (tertiary/aromatic N) is 8. The molecule has 2 aliphatic heterocycles. The lowest BCUT2D eigenvalue weighted by Gasteiger charge is -2.55. The van der Waals surface area contributed by atoms with Gasteiger partial charge in [-0.1, -0.05) is 18.2 Å². The van der Waals surface area contributed by atoms with Crippen LogP contribution in [0.1, 0.15) is 53.1 Å². The van der Waals surface area contributed by atoms with Crippen LogP contribution in [0.25, 0.3) is 16.7 Å². The first kappa shape index (κ1) is 23.5. The molecule has 6 rings (SSSR count). The normalized spacial score (nSPS) is 20.5. The van der Waals surface area contributed by atoms with E-state index in [1.807, 2.05) is 11.9 Å². The first-order chi connectivity index (χ1) is 17.7. The fraction of sp³-hybridized carbons (Fsp3) is 0.417. The Hall–Kier alpha value is -3.87. The number of aromatic nitrogens is 6. The maximum atomic E-state index is 14.8. The van der Waals surface area contributed by atoms with Crippen LogP contribution >= 0.6 is 0 Å². The highest BCUT2D eigenvalue weighted by atomic mass is 19.3. The molecule has 3 atom stereocenters. The van der Waals surface area contributed by atoms with E-state index in [9.17, 15) is 18.0 Å². The first-order valence-electron chi connectivity index (χ1n) is 12.0. The van der Waals surface area contributed by atoms with Gasteiger partial charge in [-0.15, -0.1) is 5.10 Å². The molecular weight excluding hydrogens is 487 g/mol. The van der Waals surface area contributed by atoms with Gasteiger partial charge >= 0.3 is 0 Å². The number of fused-ring (bicyclic) bond motifs is 5. The van der Waals surface area contributed by atoms with Crippen molar-refractivity contribution in [3.8, 4) is 0 Å². The highest BCUT2D eigenvalue weighted by Crippen LogP contribution is 2.35. The van der Waals surface area contributed by atoms with Crippen LogP contribution in [-0.2, 0) is 0 Å². The standard InChI is InChI=1S/C24H24F3N9O/c1-11(15-5-4-6-16(19(15)25)20(26)27)28-21-17-8-18(24(37)35-13-7-14(35)10-34(3)9-13)23-31-32-33-36(23)22(17)30-12(2)29-21/h4-6,8,11,13-14,20H,7,9-10H2,1-3H3,(H,28,29,30)/t11-,13?,14?/m1/s1. The van der Waals surface area contributed by atoms with Gasteiger partial charge < -0.3 is 15.1 Å². The summed E-state index contributed by atoms with van der Waals surface area (Å²) in [5.41, 5.74) is 0.363. The minimum atomic E-state index is -2.93. The fourth-order valence-corrected chi connectivity index (χ4v) is 5.48. The molecule has 0 saturated carbocycles. The van der Waals surface area contributed by atoms with Gasteiger partial charge in [-0.2, -0.15) is 4.52 Å². The second-order valence-electron chi connectivity index (χ2n) is 9.72. The predicted octanol–water partition coefficient (Wildman–Crippen LogP) is 3.15. The van der Waals surface area contributed by atoms with Crippen LogP contribution in [0.4, 0.5) is 19.0 Å². The van der Waals surface area contributed by atoms with E-state index in [4.69, 9.17) is 0 Å². The third-order valence-electron chi connectivity index (χ3n) is 7.19. The largest absolute Gasteiger partial charge is 0.363 e. The Morgan fingerprint density at radius 2 is 1.86 bits per heavy atom. The number of likely N-dealkylation sites (N-methyl/N-ethyl adjacent to an activating group) is 1. The highest BCUT2D eigenvalue weighted by molar-refractivity contribution is 6.05. The van der Waals surface area contributed by atoms with Crippen molar-refractivity contribution in [1.82, 2.24) is 39.8 Å². The second-order valence-corrected chi connectivity index (χ2v) is 9.72. The Labute approximate surface area is 209 Å². The minimum absolute atomic E-state index is 0.0690. The van der Waals surface area contributed by atoms with Crippen molar-refractivity contribution in [3.63, 3.8) is 0 Å². The Kier molecular flexibility index (Phi) is 5.48. The molecule has 2 saturated heterocycles. The van der Waals surface area contributed by atoms with Gasteiger partial charge in [-0.3, -0.25) is 4.79 Å². The van der Waals surface area contributed by atoms with Crippen LogP contribution in [0.2, 0.25) is 0 Å². The number of carbonyl (C=O) groups is 1. The molecule has 0 spiro atoms. The summed E-state index contributed by atoms with van der Waals surface area (Å²) in [5.74, 6) is -0.445. The van der Waals surface area contributed by atoms with Gasteiger partial charge in [0.15, 0.2) is 11.3 Å². The quantitative estimate of drug-likeness (QED) is 0.436. The summed E-state index contributed by atoms with van der Waals surface area (Å²) < 4.78 is 42.8. The number of piperidine rings is 1. The Morgan fingerprint density at radius 1 is 1.14 bits per heavy atom. The maximum absolute atomic E-state index is 14.8. The van der Waals surface area contributed by atoms with E-state index < -0.39 is 23.8 Å². The highest BCUT2D eigenvalue weighted by Gasteiger charge is 2.47. The number of anilines is 1. The Balaban J connectivity index is 1.44. The summed E-state index contributed by atoms with van der Waals surface area (Å²) in [7, 11) is 2.04. The molecule has 4 aromatic rings. The zero-order valence-corrected chi connectivity index (χ0v) is 20.4. The van der Waals surface area contributed by atoms with Crippen molar-refractivity contribution in [2.24, 2.45) is 0 Å². The van der Waals surface area contributed by atoms with Crippen molar-refractivity contribution in [1.29, 1.82) is 0 Å². The number of pyridine rings is 1. The summed E-state index contributed by atoms with van der Waals surface area (Å²) in [5, 5.41) is 15.5. The zero-order valence-electron chi connectivity index (χ0n) is 20.4. The molecule has 3 aromatic heterocycles. The lowest BCUT2D eigenvalue weighted by Crippen LogP contribution is -2.69. The molecule has 2 aliphatic rings. The van der Waals surface area contributed by atoms with Crippen LogP contribution in [0.5, 0.6) is 0 Å². The number of carbonyl (C=O) groups excluding carboxylic acids is 1. The van der Waals surface area contributed by atoms with E-state index in [1.165, 1.54) is 16.6 Å². The molecule has 0 radical (unpaired) electrons. The molecule has 1 amide bonds. The summed E-state index contributed by atoms with van der Waals surface area (Å²) in [6.07, 6.45) is -1.97. The molecule has 1 N–H and O–H groups in total. The molecule has 2 fully saturated rings. The number of hydrogen-bond donors (Lipinski definition) is 1. The number of likely N-dealkylation sites (tertiary alicyclic amines) is 2. The summed E-state index contributed by atoms with van der Waals surface area (Å²) >= 11 is 0. The molecular formula is C24H24F3N9O. The van der Waals surface area contributed by atoms with Gasteiger partial charge in [0, 0.05) is 30.7 Å². The predicted molar refractivity (Wildman–Crippen MR) is 128 cm³/mol. The molecule has 0 aliphatic carbocycles. The smallest absolute Gasteiger partial charge is 0.266 e. The van der Waals surface area contributed by atoms with E-state index in [0.717, 1.165) is 25.6 Å². The lowest BCUT2D eigenvalue weighted by atomic mass is 9.87. The minimum Gasteiger partial charge on any atom is -0.363 e. The number of benzene rings is 1. The number of alkyl halides is 2. The number of hydrogen-bond acceptors (Lipinski definition) is 8. The van der Waals surface area contributed by atoms with Gasteiger partial charge in [0.1, 0.15) is 17.5 Å². The van der Waals surface area contributed by atoms with Crippen LogP contribution < -0.4 is 5.32 Å². The van der Waals surface area contributed by atoms with Crippen LogP contribution in [0, 0.1) is 12.7 Å². The fourth-order valence-electron chi connectivity index (χ4n) is 5.48. The van der Waals surface area contributed by atoms with E-state index in [2.05, 4.69) is 35.7 Å². The number of rotatable bonds is 5. The third kappa shape index (κ3) is 3.76. The van der Waals surface area contributed by atoms with E-state index in [1.54, 1.807) is 19.9 Å². The average Bonchev–Trinajstić information content (AvgIpc) is 3.33. The van der Waals surface area contributed by atoms with Gasteiger partial charge in [0.05, 0.1) is 22.6 Å². The Morgan fingerprint density at radius 3 is 2.59 bits per heavy atom. The monoisotopic (exact) mass is 511 g/mol. The van der Waals surface area contributed by atoms with E-state index >= 15 is 0 Å². The van der Waals surface area contributed by atoms with Crippen molar-refractivity contribution < 1.29 is 18.0 Å². The summed E-state index contributed by atoms with van der Waals surface area (Å²) in [4.78, 5) is 26.7. The number of nitrogens with one attached hydrogen (secondary N) is 1. The summed E-state index contributed by atoms with van der Waals surface area (Å²) in [6.45, 7) is 4.93. The van der Waals surface area contributed by atoms with Crippen molar-refractivity contribution in [3.05, 3.63) is 52.6 Å². The molecule has 13 heteroatoms. The summed E-state index contributed by atoms with van der Waals surface area (Å²) in [6, 6.07) is 5.09. The van der Waals surface area contributed by atoms with Crippen molar-refractivity contribution in [2.45, 2.75) is 44.8 Å². The van der Waals surface area contributed by atoms with Crippen LogP contribution in [0.3, 0.4) is 0 Å². The number of amides is 1. The van der Waals surface area contributed by atoms with Gasteiger partial charge in [0.2, 0.25) is 0 Å². The maximum Gasteiger partial charge on any atom is 0.266 e.